The Morgan fingerprint density at radius 2 is 1.82 bits per heavy atom. The number of carbonyl (C=O) groups is 1. The Bertz CT molecular complexity index is 906. The lowest BCUT2D eigenvalue weighted by Gasteiger charge is -2.05. The van der Waals surface area contributed by atoms with Gasteiger partial charge in [0.25, 0.3) is 0 Å². The van der Waals surface area contributed by atoms with Crippen LogP contribution in [0.25, 0.3) is 22.3 Å². The molecule has 0 saturated carbocycles. The quantitative estimate of drug-likeness (QED) is 0.803. The Morgan fingerprint density at radius 3 is 2.45 bits per heavy atom. The first kappa shape index (κ1) is 13.9. The summed E-state index contributed by atoms with van der Waals surface area (Å²) in [7, 11) is 1.54. The van der Waals surface area contributed by atoms with Crippen LogP contribution in [0.3, 0.4) is 0 Å². The number of fused-ring (bicyclic) bond motifs is 1. The largest absolute Gasteiger partial charge is 0.497 e. The van der Waals surface area contributed by atoms with E-state index in [-0.39, 0.29) is 11.0 Å². The summed E-state index contributed by atoms with van der Waals surface area (Å²) in [5.74, 6) is -0.0343. The SMILES string of the molecule is COc1ccc2c(=O)cc(-c3ccc(C(=O)O)cc3)oc2c1. The second-order valence-corrected chi connectivity index (χ2v) is 4.72. The standard InChI is InChI=1S/C17H12O5/c1-21-12-6-7-13-14(18)9-15(22-16(13)8-12)10-2-4-11(5-3-10)17(19)20/h2-9H,1H3,(H,19,20). The van der Waals surface area contributed by atoms with Gasteiger partial charge < -0.3 is 14.3 Å². The van der Waals surface area contributed by atoms with Gasteiger partial charge in [-0.1, -0.05) is 12.1 Å². The molecule has 0 atom stereocenters. The molecule has 5 nitrogen and oxygen atoms in total. The molecule has 3 aromatic rings. The number of rotatable bonds is 3. The molecule has 0 bridgehead atoms. The molecule has 110 valence electrons. The normalized spacial score (nSPS) is 10.6. The van der Waals surface area contributed by atoms with Gasteiger partial charge in [-0.15, -0.1) is 0 Å². The van der Waals surface area contributed by atoms with E-state index in [9.17, 15) is 9.59 Å². The van der Waals surface area contributed by atoms with Crippen LogP contribution < -0.4 is 10.2 Å². The highest BCUT2D eigenvalue weighted by Crippen LogP contribution is 2.25. The molecule has 2 aromatic carbocycles. The number of benzene rings is 2. The van der Waals surface area contributed by atoms with Gasteiger partial charge >= 0.3 is 5.97 Å². The average molecular weight is 296 g/mol. The van der Waals surface area contributed by atoms with Gasteiger partial charge in [-0.2, -0.15) is 0 Å². The Balaban J connectivity index is 2.14. The van der Waals surface area contributed by atoms with Crippen molar-refractivity contribution in [2.45, 2.75) is 0 Å². The zero-order chi connectivity index (χ0) is 15.7. The van der Waals surface area contributed by atoms with Crippen LogP contribution in [-0.4, -0.2) is 18.2 Å². The summed E-state index contributed by atoms with van der Waals surface area (Å²) in [6, 6.07) is 12.5. The zero-order valence-corrected chi connectivity index (χ0v) is 11.7. The van der Waals surface area contributed by atoms with Crippen molar-refractivity contribution < 1.29 is 19.1 Å². The first-order valence-electron chi connectivity index (χ1n) is 6.54. The molecular formula is C17H12O5. The maximum atomic E-state index is 12.2. The smallest absolute Gasteiger partial charge is 0.335 e. The fourth-order valence-electron chi connectivity index (χ4n) is 2.18. The number of carboxylic acids is 1. The van der Waals surface area contributed by atoms with Crippen LogP contribution in [0.1, 0.15) is 10.4 Å². The van der Waals surface area contributed by atoms with E-state index in [1.807, 2.05) is 0 Å². The molecule has 0 aliphatic heterocycles. The Labute approximate surface area is 125 Å². The predicted octanol–water partition coefficient (Wildman–Crippen LogP) is 3.17. The van der Waals surface area contributed by atoms with Gasteiger partial charge in [0.15, 0.2) is 5.43 Å². The van der Waals surface area contributed by atoms with E-state index in [0.29, 0.717) is 28.0 Å². The molecule has 1 heterocycles. The van der Waals surface area contributed by atoms with Crippen LogP contribution in [0.15, 0.2) is 57.7 Å². The van der Waals surface area contributed by atoms with Crippen molar-refractivity contribution in [1.82, 2.24) is 0 Å². The Hall–Kier alpha value is -3.08. The van der Waals surface area contributed by atoms with Gasteiger partial charge in [0.05, 0.1) is 18.1 Å². The number of carboxylic acid groups (broad SMARTS) is 1. The van der Waals surface area contributed by atoms with Crippen molar-refractivity contribution in [3.8, 4) is 17.1 Å². The van der Waals surface area contributed by atoms with E-state index in [1.165, 1.54) is 25.3 Å². The maximum absolute atomic E-state index is 12.2. The second kappa shape index (κ2) is 5.37. The molecule has 0 spiro atoms. The van der Waals surface area contributed by atoms with Crippen molar-refractivity contribution in [3.63, 3.8) is 0 Å². The highest BCUT2D eigenvalue weighted by molar-refractivity contribution is 5.88. The number of ether oxygens (including phenoxy) is 1. The summed E-state index contributed by atoms with van der Waals surface area (Å²) in [4.78, 5) is 23.0. The molecule has 0 fully saturated rings. The summed E-state index contributed by atoms with van der Waals surface area (Å²) in [5, 5.41) is 9.37. The third-order valence-corrected chi connectivity index (χ3v) is 3.35. The highest BCUT2D eigenvalue weighted by atomic mass is 16.5. The highest BCUT2D eigenvalue weighted by Gasteiger charge is 2.09. The van der Waals surface area contributed by atoms with Gasteiger partial charge in [-0.25, -0.2) is 4.79 Å². The van der Waals surface area contributed by atoms with Crippen molar-refractivity contribution in [1.29, 1.82) is 0 Å². The van der Waals surface area contributed by atoms with Gasteiger partial charge in [0.2, 0.25) is 0 Å². The van der Waals surface area contributed by atoms with Gasteiger partial charge in [0, 0.05) is 17.7 Å². The van der Waals surface area contributed by atoms with Crippen LogP contribution in [0.2, 0.25) is 0 Å². The first-order valence-corrected chi connectivity index (χ1v) is 6.54. The van der Waals surface area contributed by atoms with Crippen molar-refractivity contribution in [2.24, 2.45) is 0 Å². The number of aromatic carboxylic acids is 1. The summed E-state index contributed by atoms with van der Waals surface area (Å²) >= 11 is 0. The van der Waals surface area contributed by atoms with Crippen molar-refractivity contribution in [3.05, 3.63) is 64.3 Å². The maximum Gasteiger partial charge on any atom is 0.335 e. The third kappa shape index (κ3) is 2.44. The van der Waals surface area contributed by atoms with E-state index in [2.05, 4.69) is 0 Å². The fourth-order valence-corrected chi connectivity index (χ4v) is 2.18. The molecule has 0 saturated heterocycles. The Morgan fingerprint density at radius 1 is 1.09 bits per heavy atom. The van der Waals surface area contributed by atoms with E-state index in [4.69, 9.17) is 14.3 Å². The van der Waals surface area contributed by atoms with Crippen LogP contribution in [0.4, 0.5) is 0 Å². The monoisotopic (exact) mass is 296 g/mol. The molecule has 5 heteroatoms. The van der Waals surface area contributed by atoms with Crippen LogP contribution in [0.5, 0.6) is 5.75 Å². The van der Waals surface area contributed by atoms with Crippen LogP contribution in [0, 0.1) is 0 Å². The van der Waals surface area contributed by atoms with Gasteiger partial charge in [-0.05, 0) is 24.3 Å². The Kier molecular flexibility index (Phi) is 3.39. The second-order valence-electron chi connectivity index (χ2n) is 4.72. The molecular weight excluding hydrogens is 284 g/mol. The third-order valence-electron chi connectivity index (χ3n) is 3.35. The molecule has 0 aliphatic rings. The molecule has 3 rings (SSSR count). The van der Waals surface area contributed by atoms with E-state index < -0.39 is 5.97 Å². The average Bonchev–Trinajstić information content (AvgIpc) is 2.54. The van der Waals surface area contributed by atoms with E-state index >= 15 is 0 Å². The zero-order valence-electron chi connectivity index (χ0n) is 11.7. The minimum atomic E-state index is -1.00. The molecule has 1 aromatic heterocycles. The van der Waals surface area contributed by atoms with Gasteiger partial charge in [-0.3, -0.25) is 4.79 Å². The van der Waals surface area contributed by atoms with Gasteiger partial charge in [0.1, 0.15) is 17.1 Å². The lowest BCUT2D eigenvalue weighted by molar-refractivity contribution is 0.0697. The first-order chi connectivity index (χ1) is 10.6. The van der Waals surface area contributed by atoms with Crippen LogP contribution >= 0.6 is 0 Å². The number of hydrogen-bond acceptors (Lipinski definition) is 4. The summed E-state index contributed by atoms with van der Waals surface area (Å²) in [6.45, 7) is 0. The molecule has 0 unspecified atom stereocenters. The predicted molar refractivity (Wildman–Crippen MR) is 81.4 cm³/mol. The number of hydrogen-bond donors (Lipinski definition) is 1. The number of methoxy groups -OCH3 is 1. The fraction of sp³-hybridized carbons (Fsp3) is 0.0588. The van der Waals surface area contributed by atoms with Crippen molar-refractivity contribution in [2.75, 3.05) is 7.11 Å². The summed E-state index contributed by atoms with van der Waals surface area (Å²) < 4.78 is 10.9. The van der Waals surface area contributed by atoms with Crippen molar-refractivity contribution >= 4 is 16.9 Å². The topological polar surface area (TPSA) is 76.7 Å². The molecule has 1 N–H and O–H groups in total. The van der Waals surface area contributed by atoms with E-state index in [0.717, 1.165) is 0 Å². The molecule has 22 heavy (non-hydrogen) atoms. The van der Waals surface area contributed by atoms with E-state index in [1.54, 1.807) is 30.3 Å². The minimum absolute atomic E-state index is 0.166. The summed E-state index contributed by atoms with van der Waals surface area (Å²) in [5.41, 5.74) is 1.06. The molecule has 0 aliphatic carbocycles. The van der Waals surface area contributed by atoms with Crippen LogP contribution in [-0.2, 0) is 0 Å². The minimum Gasteiger partial charge on any atom is -0.497 e. The lowest BCUT2D eigenvalue weighted by Crippen LogP contribution is -2.01. The summed E-state index contributed by atoms with van der Waals surface area (Å²) in [6.07, 6.45) is 0. The lowest BCUT2D eigenvalue weighted by atomic mass is 10.1. The molecule has 0 amide bonds. The molecule has 0 radical (unpaired) electrons.